The van der Waals surface area contributed by atoms with Crippen molar-refractivity contribution in [1.29, 1.82) is 0 Å². The van der Waals surface area contributed by atoms with E-state index in [0.29, 0.717) is 0 Å². The number of alkyl halides is 1. The Balaban J connectivity index is 3.82. The molecule has 0 atom stereocenters. The third-order valence-electron chi connectivity index (χ3n) is 0.802. The van der Waals surface area contributed by atoms with Crippen LogP contribution in [0.3, 0.4) is 0 Å². The molecule has 0 radical (unpaired) electrons. The van der Waals surface area contributed by atoms with Crippen LogP contribution in [0.15, 0.2) is 11.8 Å². The number of methoxy groups -OCH3 is 1. The Kier molecular flexibility index (Phi) is 4.28. The van der Waals surface area contributed by atoms with Crippen molar-refractivity contribution in [2.45, 2.75) is 6.92 Å². The number of hydrogen-bond donors (Lipinski definition) is 0. The number of carbonyl (C=O) groups excluding carboxylic acids is 1. The fourth-order valence-electron chi connectivity index (χ4n) is 0.388. The Hall–Kier alpha value is -1.06. The second kappa shape index (κ2) is 4.78. The number of halogens is 1. The molecule has 0 aromatic heterocycles. The summed E-state index contributed by atoms with van der Waals surface area (Å²) in [7, 11) is 1.40. The summed E-state index contributed by atoms with van der Waals surface area (Å²) in [6, 6.07) is 0. The van der Waals surface area contributed by atoms with E-state index in [4.69, 9.17) is 0 Å². The van der Waals surface area contributed by atoms with Crippen molar-refractivity contribution in [3.05, 3.63) is 11.8 Å². The number of hydrogen-bond acceptors (Lipinski definition) is 3. The highest BCUT2D eigenvalue weighted by Crippen LogP contribution is 1.95. The molecule has 0 saturated carbocycles. The van der Waals surface area contributed by atoms with E-state index in [0.717, 1.165) is 0 Å². The SMILES string of the molecule is CO/C=C(\C)C(=O)OCF. The van der Waals surface area contributed by atoms with Crippen molar-refractivity contribution in [1.82, 2.24) is 0 Å². The molecule has 0 aliphatic carbocycles. The molecule has 3 nitrogen and oxygen atoms in total. The van der Waals surface area contributed by atoms with Gasteiger partial charge in [0.1, 0.15) is 0 Å². The maximum absolute atomic E-state index is 11.3. The first-order chi connectivity index (χ1) is 4.72. The lowest BCUT2D eigenvalue weighted by atomic mass is 10.3. The molecule has 0 spiro atoms. The molecule has 0 heterocycles. The Morgan fingerprint density at radius 2 is 2.30 bits per heavy atom. The number of rotatable bonds is 3. The first kappa shape index (κ1) is 8.94. The quantitative estimate of drug-likeness (QED) is 0.340. The van der Waals surface area contributed by atoms with Gasteiger partial charge in [-0.25, -0.2) is 9.18 Å². The van der Waals surface area contributed by atoms with Crippen LogP contribution in [-0.4, -0.2) is 19.9 Å². The zero-order valence-electron chi connectivity index (χ0n) is 5.89. The van der Waals surface area contributed by atoms with Gasteiger partial charge in [0.15, 0.2) is 0 Å². The second-order valence-electron chi connectivity index (χ2n) is 1.58. The van der Waals surface area contributed by atoms with Crippen molar-refractivity contribution < 1.29 is 18.7 Å². The van der Waals surface area contributed by atoms with Gasteiger partial charge in [0, 0.05) is 0 Å². The molecular weight excluding hydrogens is 139 g/mol. The highest BCUT2D eigenvalue weighted by Gasteiger charge is 2.03. The molecule has 0 aromatic rings. The van der Waals surface area contributed by atoms with Crippen LogP contribution in [0.5, 0.6) is 0 Å². The minimum Gasteiger partial charge on any atom is -0.504 e. The van der Waals surface area contributed by atoms with Crippen molar-refractivity contribution in [3.8, 4) is 0 Å². The molecule has 0 aliphatic rings. The molecule has 0 rings (SSSR count). The smallest absolute Gasteiger partial charge is 0.339 e. The molecule has 58 valence electrons. The van der Waals surface area contributed by atoms with Gasteiger partial charge in [0.05, 0.1) is 18.9 Å². The van der Waals surface area contributed by atoms with Gasteiger partial charge in [-0.3, -0.25) is 0 Å². The highest BCUT2D eigenvalue weighted by molar-refractivity contribution is 5.87. The van der Waals surface area contributed by atoms with Crippen LogP contribution >= 0.6 is 0 Å². The van der Waals surface area contributed by atoms with E-state index in [-0.39, 0.29) is 5.57 Å². The number of carbonyl (C=O) groups is 1. The Bertz CT molecular complexity index is 142. The number of esters is 1. The summed E-state index contributed by atoms with van der Waals surface area (Å²) in [6.45, 7) is 0.370. The summed E-state index contributed by atoms with van der Waals surface area (Å²) in [6.07, 6.45) is 1.19. The Labute approximate surface area is 58.4 Å². The third-order valence-corrected chi connectivity index (χ3v) is 0.802. The molecule has 4 heteroatoms. The van der Waals surface area contributed by atoms with E-state index in [1.807, 2.05) is 0 Å². The van der Waals surface area contributed by atoms with Gasteiger partial charge >= 0.3 is 5.97 Å². The van der Waals surface area contributed by atoms with Crippen LogP contribution < -0.4 is 0 Å². The lowest BCUT2D eigenvalue weighted by molar-refractivity contribution is -0.143. The van der Waals surface area contributed by atoms with Gasteiger partial charge < -0.3 is 9.47 Å². The molecule has 0 unspecified atom stereocenters. The second-order valence-corrected chi connectivity index (χ2v) is 1.58. The topological polar surface area (TPSA) is 35.5 Å². The highest BCUT2D eigenvalue weighted by atomic mass is 19.1. The molecule has 10 heavy (non-hydrogen) atoms. The average molecular weight is 148 g/mol. The van der Waals surface area contributed by atoms with Crippen LogP contribution in [0.1, 0.15) is 6.92 Å². The molecule has 0 amide bonds. The molecule has 0 bridgehead atoms. The predicted molar refractivity (Wildman–Crippen MR) is 32.8 cm³/mol. The summed E-state index contributed by atoms with van der Waals surface area (Å²) < 4.78 is 19.8. The fraction of sp³-hybridized carbons (Fsp3) is 0.500. The van der Waals surface area contributed by atoms with E-state index >= 15 is 0 Å². The van der Waals surface area contributed by atoms with Gasteiger partial charge in [-0.15, -0.1) is 0 Å². The zero-order chi connectivity index (χ0) is 7.98. The first-order valence-corrected chi connectivity index (χ1v) is 2.65. The first-order valence-electron chi connectivity index (χ1n) is 2.65. The van der Waals surface area contributed by atoms with Crippen LogP contribution in [0.2, 0.25) is 0 Å². The Morgan fingerprint density at radius 1 is 1.70 bits per heavy atom. The molecule has 0 aromatic carbocycles. The van der Waals surface area contributed by atoms with Gasteiger partial charge in [0.2, 0.25) is 6.86 Å². The van der Waals surface area contributed by atoms with Crippen molar-refractivity contribution in [2.75, 3.05) is 14.0 Å². The Morgan fingerprint density at radius 3 is 2.70 bits per heavy atom. The average Bonchev–Trinajstić information content (AvgIpc) is 1.89. The predicted octanol–water partition coefficient (Wildman–Crippen LogP) is 1.01. The van der Waals surface area contributed by atoms with Crippen LogP contribution in [0.4, 0.5) is 4.39 Å². The fourth-order valence-corrected chi connectivity index (χ4v) is 0.388. The molecule has 0 N–H and O–H groups in total. The molecule has 0 fully saturated rings. The minimum absolute atomic E-state index is 0.236. The summed E-state index contributed by atoms with van der Waals surface area (Å²) in [5.41, 5.74) is 0.236. The van der Waals surface area contributed by atoms with Gasteiger partial charge in [0.25, 0.3) is 0 Å². The lowest BCUT2D eigenvalue weighted by Gasteiger charge is -1.97. The molecular formula is C6H9FO3. The van der Waals surface area contributed by atoms with Crippen LogP contribution in [0, 0.1) is 0 Å². The van der Waals surface area contributed by atoms with Gasteiger partial charge in [-0.1, -0.05) is 0 Å². The zero-order valence-corrected chi connectivity index (χ0v) is 5.89. The molecule has 0 aliphatic heterocycles. The summed E-state index contributed by atoms with van der Waals surface area (Å²) in [5, 5.41) is 0. The maximum Gasteiger partial charge on any atom is 0.339 e. The standard InChI is InChI=1S/C6H9FO3/c1-5(3-9-2)6(8)10-4-7/h3H,4H2,1-2H3/b5-3+. The van der Waals surface area contributed by atoms with Crippen molar-refractivity contribution >= 4 is 5.97 Å². The van der Waals surface area contributed by atoms with E-state index in [9.17, 15) is 9.18 Å². The van der Waals surface area contributed by atoms with E-state index in [1.165, 1.54) is 20.3 Å². The largest absolute Gasteiger partial charge is 0.504 e. The lowest BCUT2D eigenvalue weighted by Crippen LogP contribution is -2.04. The summed E-state index contributed by atoms with van der Waals surface area (Å²) >= 11 is 0. The minimum atomic E-state index is -1.10. The van der Waals surface area contributed by atoms with E-state index in [2.05, 4.69) is 9.47 Å². The van der Waals surface area contributed by atoms with Crippen LogP contribution in [0.25, 0.3) is 0 Å². The van der Waals surface area contributed by atoms with Gasteiger partial charge in [-0.2, -0.15) is 0 Å². The summed E-state index contributed by atoms with van der Waals surface area (Å²) in [4.78, 5) is 10.5. The van der Waals surface area contributed by atoms with E-state index < -0.39 is 12.8 Å². The summed E-state index contributed by atoms with van der Waals surface area (Å²) in [5.74, 6) is -0.704. The van der Waals surface area contributed by atoms with Gasteiger partial charge in [-0.05, 0) is 6.92 Å². The van der Waals surface area contributed by atoms with Crippen molar-refractivity contribution in [3.63, 3.8) is 0 Å². The van der Waals surface area contributed by atoms with Crippen molar-refractivity contribution in [2.24, 2.45) is 0 Å². The van der Waals surface area contributed by atoms with E-state index in [1.54, 1.807) is 0 Å². The molecule has 0 saturated heterocycles. The normalized spacial score (nSPS) is 10.9. The number of ether oxygens (including phenoxy) is 2. The monoisotopic (exact) mass is 148 g/mol. The van der Waals surface area contributed by atoms with Crippen LogP contribution in [-0.2, 0) is 14.3 Å². The third kappa shape index (κ3) is 3.06. The maximum atomic E-state index is 11.3.